The summed E-state index contributed by atoms with van der Waals surface area (Å²) >= 11 is 0. The molecule has 1 rings (SSSR count). The van der Waals surface area contributed by atoms with E-state index in [2.05, 4.69) is 11.4 Å². The fourth-order valence-electron chi connectivity index (χ4n) is 1.63. The van der Waals surface area contributed by atoms with Gasteiger partial charge in [-0.3, -0.25) is 4.79 Å². The number of aliphatic hydroxyl groups is 1. The molecule has 2 N–H and O–H groups in total. The van der Waals surface area contributed by atoms with Gasteiger partial charge in [0.2, 0.25) is 5.91 Å². The smallest absolute Gasteiger partial charge is 0.220 e. The van der Waals surface area contributed by atoms with Crippen LogP contribution in [0.2, 0.25) is 0 Å². The highest BCUT2D eigenvalue weighted by molar-refractivity contribution is 5.76. The molecule has 0 aromatic heterocycles. The Labute approximate surface area is 103 Å². The first-order chi connectivity index (χ1) is 8.08. The monoisotopic (exact) mass is 235 g/mol. The number of amides is 1. The number of hydrogen-bond acceptors (Lipinski definition) is 2. The largest absolute Gasteiger partial charge is 0.393 e. The molecule has 0 spiro atoms. The summed E-state index contributed by atoms with van der Waals surface area (Å²) in [5, 5.41) is 11.9. The van der Waals surface area contributed by atoms with Crippen molar-refractivity contribution < 1.29 is 9.90 Å². The van der Waals surface area contributed by atoms with Gasteiger partial charge in [-0.1, -0.05) is 29.8 Å². The van der Waals surface area contributed by atoms with Crippen molar-refractivity contribution >= 4 is 5.91 Å². The summed E-state index contributed by atoms with van der Waals surface area (Å²) in [5.74, 6) is 0.0483. The number of carbonyl (C=O) groups excluding carboxylic acids is 1. The highest BCUT2D eigenvalue weighted by Crippen LogP contribution is 2.06. The van der Waals surface area contributed by atoms with Crippen molar-refractivity contribution in [1.82, 2.24) is 5.32 Å². The zero-order valence-corrected chi connectivity index (χ0v) is 10.6. The van der Waals surface area contributed by atoms with Gasteiger partial charge in [-0.05, 0) is 32.3 Å². The molecule has 3 nitrogen and oxygen atoms in total. The molecule has 0 aliphatic rings. The first-order valence-electron chi connectivity index (χ1n) is 6.08. The van der Waals surface area contributed by atoms with Crippen molar-refractivity contribution in [2.24, 2.45) is 0 Å². The lowest BCUT2D eigenvalue weighted by atomic mass is 10.1. The minimum Gasteiger partial charge on any atom is -0.393 e. The molecule has 0 saturated carbocycles. The first kappa shape index (κ1) is 13.7. The first-order valence-corrected chi connectivity index (χ1v) is 6.08. The van der Waals surface area contributed by atoms with Crippen LogP contribution in [-0.2, 0) is 11.2 Å². The second-order valence-electron chi connectivity index (χ2n) is 4.48. The average molecular weight is 235 g/mol. The Balaban J connectivity index is 2.24. The second kappa shape index (κ2) is 7.07. The third-order valence-electron chi connectivity index (χ3n) is 2.61. The summed E-state index contributed by atoms with van der Waals surface area (Å²) in [5.41, 5.74) is 2.41. The van der Waals surface area contributed by atoms with Crippen LogP contribution in [0, 0.1) is 6.92 Å². The molecule has 1 aromatic carbocycles. The molecule has 0 heterocycles. The van der Waals surface area contributed by atoms with Crippen LogP contribution in [0.25, 0.3) is 0 Å². The minimum atomic E-state index is -0.355. The van der Waals surface area contributed by atoms with E-state index in [-0.39, 0.29) is 12.0 Å². The van der Waals surface area contributed by atoms with E-state index in [4.69, 9.17) is 5.11 Å². The molecule has 0 fully saturated rings. The fraction of sp³-hybridized carbons (Fsp3) is 0.500. The number of hydrogen-bond donors (Lipinski definition) is 2. The van der Waals surface area contributed by atoms with Crippen molar-refractivity contribution in [2.45, 2.75) is 39.2 Å². The molecular formula is C14H21NO2. The fourth-order valence-corrected chi connectivity index (χ4v) is 1.63. The molecule has 94 valence electrons. The lowest BCUT2D eigenvalue weighted by Crippen LogP contribution is -2.26. The summed E-state index contributed by atoms with van der Waals surface area (Å²) < 4.78 is 0. The molecule has 1 atom stereocenters. The second-order valence-corrected chi connectivity index (χ2v) is 4.48. The molecule has 1 unspecified atom stereocenters. The maximum atomic E-state index is 11.5. The Morgan fingerprint density at radius 3 is 2.88 bits per heavy atom. The third-order valence-corrected chi connectivity index (χ3v) is 2.61. The summed E-state index contributed by atoms with van der Waals surface area (Å²) in [6.45, 7) is 4.31. The molecule has 0 saturated heterocycles. The highest BCUT2D eigenvalue weighted by Gasteiger charge is 2.03. The van der Waals surface area contributed by atoms with Gasteiger partial charge in [-0.25, -0.2) is 0 Å². The Bertz CT molecular complexity index is 361. The standard InChI is InChI=1S/C14H21NO2/c1-11-4-3-5-13(10-11)6-7-14(17)15-9-8-12(2)16/h3-5,10,12,16H,6-9H2,1-2H3,(H,15,17). The molecule has 1 amide bonds. The van der Waals surface area contributed by atoms with Crippen LogP contribution < -0.4 is 5.32 Å². The van der Waals surface area contributed by atoms with Gasteiger partial charge in [0.15, 0.2) is 0 Å². The predicted molar refractivity (Wildman–Crippen MR) is 68.8 cm³/mol. The van der Waals surface area contributed by atoms with E-state index in [1.54, 1.807) is 6.92 Å². The van der Waals surface area contributed by atoms with E-state index in [1.165, 1.54) is 11.1 Å². The van der Waals surface area contributed by atoms with Crippen LogP contribution in [-0.4, -0.2) is 23.7 Å². The summed E-state index contributed by atoms with van der Waals surface area (Å²) in [6, 6.07) is 8.20. The highest BCUT2D eigenvalue weighted by atomic mass is 16.3. The van der Waals surface area contributed by atoms with Crippen molar-refractivity contribution in [2.75, 3.05) is 6.54 Å². The summed E-state index contributed by atoms with van der Waals surface area (Å²) in [7, 11) is 0. The Morgan fingerprint density at radius 1 is 1.47 bits per heavy atom. The summed E-state index contributed by atoms with van der Waals surface area (Å²) in [4.78, 5) is 11.5. The van der Waals surface area contributed by atoms with Gasteiger partial charge in [0, 0.05) is 13.0 Å². The molecule has 1 aromatic rings. The summed E-state index contributed by atoms with van der Waals surface area (Å²) in [6.07, 6.45) is 1.52. The van der Waals surface area contributed by atoms with Crippen molar-refractivity contribution in [3.05, 3.63) is 35.4 Å². The van der Waals surface area contributed by atoms with Crippen molar-refractivity contribution in [1.29, 1.82) is 0 Å². The van der Waals surface area contributed by atoms with Crippen LogP contribution in [0.4, 0.5) is 0 Å². The van der Waals surface area contributed by atoms with Crippen molar-refractivity contribution in [3.63, 3.8) is 0 Å². The Hall–Kier alpha value is -1.35. The number of rotatable bonds is 6. The lowest BCUT2D eigenvalue weighted by Gasteiger charge is -2.07. The van der Waals surface area contributed by atoms with E-state index < -0.39 is 0 Å². The number of aryl methyl sites for hydroxylation is 2. The van der Waals surface area contributed by atoms with Crippen LogP contribution in [0.15, 0.2) is 24.3 Å². The molecule has 0 aliphatic carbocycles. The normalized spacial score (nSPS) is 12.2. The van der Waals surface area contributed by atoms with Gasteiger partial charge in [-0.2, -0.15) is 0 Å². The number of benzene rings is 1. The quantitative estimate of drug-likeness (QED) is 0.790. The van der Waals surface area contributed by atoms with E-state index >= 15 is 0 Å². The zero-order chi connectivity index (χ0) is 12.7. The Morgan fingerprint density at radius 2 is 2.24 bits per heavy atom. The molecule has 17 heavy (non-hydrogen) atoms. The topological polar surface area (TPSA) is 49.3 Å². The Kier molecular flexibility index (Phi) is 5.70. The van der Waals surface area contributed by atoms with Gasteiger partial charge in [-0.15, -0.1) is 0 Å². The number of nitrogens with one attached hydrogen (secondary N) is 1. The molecule has 3 heteroatoms. The zero-order valence-electron chi connectivity index (χ0n) is 10.6. The van der Waals surface area contributed by atoms with Crippen LogP contribution in [0.1, 0.15) is 30.9 Å². The minimum absolute atomic E-state index is 0.0483. The van der Waals surface area contributed by atoms with Gasteiger partial charge in [0.25, 0.3) is 0 Å². The van der Waals surface area contributed by atoms with E-state index in [0.29, 0.717) is 19.4 Å². The van der Waals surface area contributed by atoms with Crippen LogP contribution >= 0.6 is 0 Å². The average Bonchev–Trinajstić information content (AvgIpc) is 2.26. The van der Waals surface area contributed by atoms with E-state index in [9.17, 15) is 4.79 Å². The van der Waals surface area contributed by atoms with Crippen LogP contribution in [0.3, 0.4) is 0 Å². The maximum absolute atomic E-state index is 11.5. The van der Waals surface area contributed by atoms with Crippen molar-refractivity contribution in [3.8, 4) is 0 Å². The van der Waals surface area contributed by atoms with E-state index in [1.807, 2.05) is 25.1 Å². The number of carbonyl (C=O) groups is 1. The third kappa shape index (κ3) is 6.07. The molecular weight excluding hydrogens is 214 g/mol. The van der Waals surface area contributed by atoms with Crippen LogP contribution in [0.5, 0.6) is 0 Å². The van der Waals surface area contributed by atoms with Gasteiger partial charge in [0.05, 0.1) is 6.10 Å². The van der Waals surface area contributed by atoms with E-state index in [0.717, 1.165) is 6.42 Å². The molecule has 0 aliphatic heterocycles. The SMILES string of the molecule is Cc1cccc(CCC(=O)NCCC(C)O)c1. The van der Waals surface area contributed by atoms with Gasteiger partial charge in [0.1, 0.15) is 0 Å². The number of aliphatic hydroxyl groups excluding tert-OH is 1. The maximum Gasteiger partial charge on any atom is 0.220 e. The lowest BCUT2D eigenvalue weighted by molar-refractivity contribution is -0.121. The molecule has 0 bridgehead atoms. The van der Waals surface area contributed by atoms with Gasteiger partial charge >= 0.3 is 0 Å². The molecule has 0 radical (unpaired) electrons. The predicted octanol–water partition coefficient (Wildman–Crippen LogP) is 1.81. The van der Waals surface area contributed by atoms with Gasteiger partial charge < -0.3 is 10.4 Å².